The third-order valence-corrected chi connectivity index (χ3v) is 12.9. The molecule has 0 saturated heterocycles. The average Bonchev–Trinajstić information content (AvgIpc) is 4.03. The summed E-state index contributed by atoms with van der Waals surface area (Å²) >= 11 is 0. The fraction of sp³-hybridized carbons (Fsp3) is 0. The number of para-hydroxylation sites is 3. The van der Waals surface area contributed by atoms with E-state index in [1.54, 1.807) is 0 Å². The third kappa shape index (κ3) is 5.53. The lowest BCUT2D eigenvalue weighted by Gasteiger charge is -2.16. The molecule has 0 spiro atoms. The Labute approximate surface area is 363 Å². The molecule has 0 fully saturated rings. The van der Waals surface area contributed by atoms with Gasteiger partial charge in [0.05, 0.1) is 22.3 Å². The van der Waals surface area contributed by atoms with E-state index >= 15 is 0 Å². The Hall–Kier alpha value is -8.40. The molecule has 0 bridgehead atoms. The van der Waals surface area contributed by atoms with Crippen molar-refractivity contribution in [1.82, 2.24) is 4.57 Å². The Morgan fingerprint density at radius 1 is 0.270 bits per heavy atom. The highest BCUT2D eigenvalue weighted by atomic mass is 16.3. The Morgan fingerprint density at radius 2 is 0.698 bits per heavy atom. The predicted octanol–water partition coefficient (Wildman–Crippen LogP) is 16.9. The first-order valence-corrected chi connectivity index (χ1v) is 21.5. The van der Waals surface area contributed by atoms with Crippen LogP contribution >= 0.6 is 0 Å². The van der Waals surface area contributed by atoms with Crippen molar-refractivity contribution in [2.75, 3.05) is 0 Å². The standard InChI is InChI=1S/C60H37NO2/c1-3-16-38(17-4-1)42-20-7-9-22-44(42)40-30-33-53-51(36-40)52-37-41(45-23-10-8-21-43(45)39-18-5-2-6-19-39)31-34-54(52)61(53)55-35-32-49-47-25-12-14-29-57(47)63-60(49)58(55)50-27-15-26-48-46-24-11-13-28-56(46)62-59(48)50/h1-37H. The second-order valence-corrected chi connectivity index (χ2v) is 16.3. The van der Waals surface area contributed by atoms with Crippen LogP contribution in [0.15, 0.2) is 233 Å². The fourth-order valence-electron chi connectivity index (χ4n) is 10.00. The fourth-order valence-corrected chi connectivity index (χ4v) is 10.00. The van der Waals surface area contributed by atoms with Crippen molar-refractivity contribution in [1.29, 1.82) is 0 Å². The first-order chi connectivity index (χ1) is 31.3. The van der Waals surface area contributed by atoms with Crippen molar-refractivity contribution in [2.45, 2.75) is 0 Å². The molecule has 10 aromatic carbocycles. The van der Waals surface area contributed by atoms with Gasteiger partial charge < -0.3 is 13.4 Å². The van der Waals surface area contributed by atoms with E-state index in [0.29, 0.717) is 0 Å². The van der Waals surface area contributed by atoms with Gasteiger partial charge in [-0.2, -0.15) is 0 Å². The zero-order valence-corrected chi connectivity index (χ0v) is 34.1. The van der Waals surface area contributed by atoms with Crippen molar-refractivity contribution in [3.05, 3.63) is 224 Å². The van der Waals surface area contributed by atoms with Gasteiger partial charge in [0.2, 0.25) is 0 Å². The van der Waals surface area contributed by atoms with Gasteiger partial charge >= 0.3 is 0 Å². The highest BCUT2D eigenvalue weighted by Gasteiger charge is 2.25. The molecule has 0 aliphatic carbocycles. The molecule has 0 aliphatic heterocycles. The number of benzene rings is 10. The van der Waals surface area contributed by atoms with E-state index in [0.717, 1.165) is 82.9 Å². The summed E-state index contributed by atoms with van der Waals surface area (Å²) in [5.41, 5.74) is 18.1. The van der Waals surface area contributed by atoms with Crippen LogP contribution in [-0.4, -0.2) is 4.57 Å². The molecule has 13 aromatic rings. The van der Waals surface area contributed by atoms with Gasteiger partial charge in [-0.3, -0.25) is 0 Å². The van der Waals surface area contributed by atoms with Crippen LogP contribution in [0.5, 0.6) is 0 Å². The number of furan rings is 2. The molecule has 0 N–H and O–H groups in total. The zero-order valence-electron chi connectivity index (χ0n) is 34.1. The quantitative estimate of drug-likeness (QED) is 0.168. The number of aromatic nitrogens is 1. The Morgan fingerprint density at radius 3 is 1.25 bits per heavy atom. The molecule has 3 heteroatoms. The van der Waals surface area contributed by atoms with E-state index in [9.17, 15) is 0 Å². The van der Waals surface area contributed by atoms with Crippen molar-refractivity contribution in [3.63, 3.8) is 0 Å². The van der Waals surface area contributed by atoms with Gasteiger partial charge in [0, 0.05) is 37.9 Å². The highest BCUT2D eigenvalue weighted by Crippen LogP contribution is 2.47. The highest BCUT2D eigenvalue weighted by molar-refractivity contribution is 6.18. The van der Waals surface area contributed by atoms with Gasteiger partial charge in [-0.15, -0.1) is 0 Å². The van der Waals surface area contributed by atoms with E-state index in [4.69, 9.17) is 8.83 Å². The monoisotopic (exact) mass is 803 g/mol. The molecule has 3 aromatic heterocycles. The maximum atomic E-state index is 6.93. The summed E-state index contributed by atoms with van der Waals surface area (Å²) < 4.78 is 16.2. The summed E-state index contributed by atoms with van der Waals surface area (Å²) in [5.74, 6) is 0. The van der Waals surface area contributed by atoms with E-state index in [-0.39, 0.29) is 0 Å². The lowest BCUT2D eigenvalue weighted by atomic mass is 9.92. The molecule has 0 amide bonds. The van der Waals surface area contributed by atoms with Gasteiger partial charge in [-0.1, -0.05) is 176 Å². The normalized spacial score (nSPS) is 11.8. The first kappa shape index (κ1) is 35.4. The molecule has 13 rings (SSSR count). The topological polar surface area (TPSA) is 31.2 Å². The van der Waals surface area contributed by atoms with Crippen molar-refractivity contribution >= 4 is 65.7 Å². The summed E-state index contributed by atoms with van der Waals surface area (Å²) in [6, 6.07) is 80.4. The van der Waals surface area contributed by atoms with Crippen molar-refractivity contribution in [3.8, 4) is 61.3 Å². The lowest BCUT2D eigenvalue weighted by Crippen LogP contribution is -1.98. The summed E-state index contributed by atoms with van der Waals surface area (Å²) in [6.07, 6.45) is 0. The van der Waals surface area contributed by atoms with Gasteiger partial charge in [0.25, 0.3) is 0 Å². The summed E-state index contributed by atoms with van der Waals surface area (Å²) in [4.78, 5) is 0. The van der Waals surface area contributed by atoms with Crippen LogP contribution in [0.1, 0.15) is 0 Å². The van der Waals surface area contributed by atoms with E-state index < -0.39 is 0 Å². The summed E-state index contributed by atoms with van der Waals surface area (Å²) in [6.45, 7) is 0. The molecule has 63 heavy (non-hydrogen) atoms. The second-order valence-electron chi connectivity index (χ2n) is 16.3. The van der Waals surface area contributed by atoms with Gasteiger partial charge in [-0.05, 0) is 93.0 Å². The minimum Gasteiger partial charge on any atom is -0.455 e. The van der Waals surface area contributed by atoms with Crippen LogP contribution in [-0.2, 0) is 0 Å². The number of nitrogens with zero attached hydrogens (tertiary/aromatic N) is 1. The number of fused-ring (bicyclic) bond motifs is 9. The average molecular weight is 804 g/mol. The van der Waals surface area contributed by atoms with Crippen LogP contribution < -0.4 is 0 Å². The molecule has 0 aliphatic rings. The zero-order chi connectivity index (χ0) is 41.4. The minimum absolute atomic E-state index is 0.832. The predicted molar refractivity (Wildman–Crippen MR) is 263 cm³/mol. The number of hydrogen-bond donors (Lipinski definition) is 0. The molecule has 0 unspecified atom stereocenters. The lowest BCUT2D eigenvalue weighted by molar-refractivity contribution is 0.665. The molecular weight excluding hydrogens is 767 g/mol. The first-order valence-electron chi connectivity index (χ1n) is 21.5. The largest absolute Gasteiger partial charge is 0.455 e. The Balaban J connectivity index is 1.13. The molecule has 0 atom stereocenters. The van der Waals surface area contributed by atoms with Gasteiger partial charge in [0.15, 0.2) is 0 Å². The maximum absolute atomic E-state index is 6.93. The molecule has 3 heterocycles. The molecule has 3 nitrogen and oxygen atoms in total. The minimum atomic E-state index is 0.832. The molecular formula is C60H37NO2. The number of hydrogen-bond acceptors (Lipinski definition) is 2. The van der Waals surface area contributed by atoms with Crippen molar-refractivity contribution < 1.29 is 8.83 Å². The van der Waals surface area contributed by atoms with Crippen LogP contribution in [0.25, 0.3) is 127 Å². The van der Waals surface area contributed by atoms with E-state index in [2.05, 4.69) is 217 Å². The van der Waals surface area contributed by atoms with Gasteiger partial charge in [0.1, 0.15) is 22.3 Å². The summed E-state index contributed by atoms with van der Waals surface area (Å²) in [7, 11) is 0. The molecule has 0 radical (unpaired) electrons. The Kier molecular flexibility index (Phi) is 7.91. The SMILES string of the molecule is c1ccc(-c2ccccc2-c2ccc3c(c2)c2cc(-c4ccccc4-c4ccccc4)ccc2n3-c2ccc3c(oc4ccccc43)c2-c2cccc3c2oc2ccccc23)cc1. The van der Waals surface area contributed by atoms with Crippen molar-refractivity contribution in [2.24, 2.45) is 0 Å². The van der Waals surface area contributed by atoms with Crippen LogP contribution in [0.2, 0.25) is 0 Å². The van der Waals surface area contributed by atoms with Crippen LogP contribution in [0.4, 0.5) is 0 Å². The number of rotatable bonds is 6. The molecule has 294 valence electrons. The van der Waals surface area contributed by atoms with E-state index in [1.165, 1.54) is 44.2 Å². The third-order valence-electron chi connectivity index (χ3n) is 12.9. The maximum Gasteiger partial charge on any atom is 0.145 e. The molecule has 0 saturated carbocycles. The smallest absolute Gasteiger partial charge is 0.145 e. The van der Waals surface area contributed by atoms with Crippen LogP contribution in [0.3, 0.4) is 0 Å². The Bertz CT molecular complexity index is 3760. The second kappa shape index (κ2) is 14.1. The van der Waals surface area contributed by atoms with Gasteiger partial charge in [-0.25, -0.2) is 0 Å². The van der Waals surface area contributed by atoms with Crippen LogP contribution in [0, 0.1) is 0 Å². The van der Waals surface area contributed by atoms with E-state index in [1.807, 2.05) is 12.1 Å². The summed E-state index contributed by atoms with van der Waals surface area (Å²) in [5, 5.41) is 6.66.